The van der Waals surface area contributed by atoms with Crippen LogP contribution in [0.2, 0.25) is 0 Å². The highest BCUT2D eigenvalue weighted by Crippen LogP contribution is 2.55. The molecule has 184 valence electrons. The Bertz CT molecular complexity index is 1550. The average Bonchev–Trinajstić information content (AvgIpc) is 3.51. The molecule has 1 saturated carbocycles. The minimum absolute atomic E-state index is 0.149. The molecule has 0 radical (unpaired) electrons. The van der Waals surface area contributed by atoms with Crippen molar-refractivity contribution in [3.05, 3.63) is 105 Å². The molecule has 3 heterocycles. The van der Waals surface area contributed by atoms with Gasteiger partial charge in [0.25, 0.3) is 0 Å². The van der Waals surface area contributed by atoms with Crippen LogP contribution in [0.4, 0.5) is 26.3 Å². The quantitative estimate of drug-likeness (QED) is 0.269. The van der Waals surface area contributed by atoms with E-state index in [2.05, 4.69) is 4.98 Å². The fraction of sp³-hybridized carbons (Fsp3) is 0.120. The first-order valence-electron chi connectivity index (χ1n) is 10.3. The number of hydrogen-bond acceptors (Lipinski definition) is 6. The fourth-order valence-electron chi connectivity index (χ4n) is 3.87. The number of hydrogen-bond donors (Lipinski definition) is 1. The lowest BCUT2D eigenvalue weighted by Crippen LogP contribution is -2.27. The third kappa shape index (κ3) is 4.63. The molecule has 1 aromatic rings. The summed E-state index contributed by atoms with van der Waals surface area (Å²) in [5, 5.41) is 31.4. The lowest BCUT2D eigenvalue weighted by molar-refractivity contribution is 0.154. The maximum atomic E-state index is 14.3. The molecular weight excluding hydrogens is 498 g/mol. The maximum Gasteiger partial charge on any atom is 0.216 e. The zero-order valence-corrected chi connectivity index (χ0v) is 18.6. The summed E-state index contributed by atoms with van der Waals surface area (Å²) < 4.78 is 84.1. The first kappa shape index (κ1) is 25.1. The highest BCUT2D eigenvalue weighted by molar-refractivity contribution is 6.01. The van der Waals surface area contributed by atoms with Gasteiger partial charge < -0.3 is 10.2 Å². The van der Waals surface area contributed by atoms with Crippen molar-refractivity contribution in [1.29, 1.82) is 15.8 Å². The highest BCUT2D eigenvalue weighted by atomic mass is 19.2. The molecule has 37 heavy (non-hydrogen) atoms. The van der Waals surface area contributed by atoms with Crippen molar-refractivity contribution in [3.63, 3.8) is 0 Å². The number of dihydropyridines is 1. The van der Waals surface area contributed by atoms with Gasteiger partial charge in [0.05, 0.1) is 16.7 Å². The van der Waals surface area contributed by atoms with Gasteiger partial charge in [-0.1, -0.05) is 0 Å². The third-order valence-electron chi connectivity index (χ3n) is 5.58. The molecule has 0 bridgehead atoms. The first-order chi connectivity index (χ1) is 17.6. The van der Waals surface area contributed by atoms with Gasteiger partial charge in [0.1, 0.15) is 18.2 Å². The molecule has 1 fully saturated rings. The van der Waals surface area contributed by atoms with Gasteiger partial charge in [-0.2, -0.15) is 38.3 Å². The number of nitriles is 3. The van der Waals surface area contributed by atoms with E-state index >= 15 is 0 Å². The van der Waals surface area contributed by atoms with Gasteiger partial charge >= 0.3 is 0 Å². The molecule has 3 aliphatic rings. The van der Waals surface area contributed by atoms with E-state index < -0.39 is 42.0 Å². The number of nitrogens with one attached hydrogen (secondary N) is 1. The summed E-state index contributed by atoms with van der Waals surface area (Å²) in [7, 11) is 1.13. The van der Waals surface area contributed by atoms with Crippen molar-refractivity contribution >= 4 is 5.57 Å². The van der Waals surface area contributed by atoms with Crippen LogP contribution in [0.3, 0.4) is 0 Å². The molecule has 2 atom stereocenters. The van der Waals surface area contributed by atoms with Gasteiger partial charge in [-0.15, -0.1) is 0 Å². The standard InChI is InChI=1S/C25H12F6N6/c1-37-21(30)6-13(7-22(37)31)16(10-34)25-23(14(8-32)11-2-17(26)35-18(27)3-11)24(25)15(9-33)12-4-19(28)36-20(29)5-12/h2-7,17,21,35H,1H3/b23-14?,24-15-,25-16+. The van der Waals surface area contributed by atoms with E-state index in [0.29, 0.717) is 4.90 Å². The Labute approximate surface area is 206 Å². The normalized spacial score (nSPS) is 24.7. The number of allylic oxidation sites excluding steroid dienone is 10. The summed E-state index contributed by atoms with van der Waals surface area (Å²) in [6, 6.07) is 6.74. The summed E-state index contributed by atoms with van der Waals surface area (Å²) in [4.78, 5) is 3.59. The first-order valence-corrected chi connectivity index (χ1v) is 10.3. The van der Waals surface area contributed by atoms with Crippen LogP contribution in [0.1, 0.15) is 5.56 Å². The van der Waals surface area contributed by atoms with Crippen molar-refractivity contribution < 1.29 is 26.3 Å². The number of aromatic nitrogens is 1. The van der Waals surface area contributed by atoms with Crippen molar-refractivity contribution in [2.24, 2.45) is 0 Å². The summed E-state index contributed by atoms with van der Waals surface area (Å²) in [5.74, 6) is -4.68. The van der Waals surface area contributed by atoms with Crippen molar-refractivity contribution in [3.8, 4) is 18.2 Å². The molecule has 12 heteroatoms. The lowest BCUT2D eigenvalue weighted by Gasteiger charge is -2.23. The number of likely N-dealkylation sites (N-methyl/N-ethyl adjacent to an activating group) is 1. The Hall–Kier alpha value is -5.02. The van der Waals surface area contributed by atoms with Crippen LogP contribution < -0.4 is 5.32 Å². The molecule has 0 amide bonds. The van der Waals surface area contributed by atoms with Crippen LogP contribution in [0, 0.1) is 45.9 Å². The molecule has 0 saturated heterocycles. The Balaban J connectivity index is 2.08. The minimum atomic E-state index is -2.02. The van der Waals surface area contributed by atoms with Gasteiger partial charge in [-0.25, -0.2) is 8.78 Å². The molecule has 2 unspecified atom stereocenters. The smallest absolute Gasteiger partial charge is 0.216 e. The molecule has 2 aliphatic heterocycles. The summed E-state index contributed by atoms with van der Waals surface area (Å²) in [6.07, 6.45) is -0.568. The maximum absolute atomic E-state index is 14.3. The molecule has 6 nitrogen and oxygen atoms in total. The van der Waals surface area contributed by atoms with Crippen molar-refractivity contribution in [1.82, 2.24) is 15.2 Å². The van der Waals surface area contributed by atoms with Gasteiger partial charge in [0.2, 0.25) is 11.9 Å². The Morgan fingerprint density at radius 2 is 1.35 bits per heavy atom. The summed E-state index contributed by atoms with van der Waals surface area (Å²) in [5.41, 5.74) is -2.42. The van der Waals surface area contributed by atoms with E-state index in [1.54, 1.807) is 18.2 Å². The predicted octanol–water partition coefficient (Wildman–Crippen LogP) is 4.91. The van der Waals surface area contributed by atoms with Gasteiger partial charge in [-0.05, 0) is 35.5 Å². The van der Waals surface area contributed by atoms with E-state index in [-0.39, 0.29) is 44.6 Å². The van der Waals surface area contributed by atoms with Crippen molar-refractivity contribution in [2.75, 3.05) is 7.05 Å². The number of nitrogens with zero attached hydrogens (tertiary/aromatic N) is 5. The summed E-state index contributed by atoms with van der Waals surface area (Å²) >= 11 is 0. The topological polar surface area (TPSA) is 99.5 Å². The van der Waals surface area contributed by atoms with Crippen LogP contribution in [-0.4, -0.2) is 29.5 Å². The average molecular weight is 510 g/mol. The van der Waals surface area contributed by atoms with Crippen LogP contribution in [0.25, 0.3) is 5.57 Å². The zero-order valence-electron chi connectivity index (χ0n) is 18.6. The molecule has 1 N–H and O–H groups in total. The van der Waals surface area contributed by atoms with Gasteiger partial charge in [0.15, 0.2) is 24.5 Å². The molecule has 0 spiro atoms. The molecule has 1 aliphatic carbocycles. The molecule has 4 rings (SSSR count). The summed E-state index contributed by atoms with van der Waals surface area (Å²) in [6.45, 7) is 0. The second kappa shape index (κ2) is 9.56. The third-order valence-corrected chi connectivity index (χ3v) is 5.58. The van der Waals surface area contributed by atoms with Crippen LogP contribution in [0.15, 0.2) is 87.4 Å². The lowest BCUT2D eigenvalue weighted by atomic mass is 10.0. The minimum Gasteiger partial charge on any atom is -0.329 e. The van der Waals surface area contributed by atoms with E-state index in [9.17, 15) is 42.1 Å². The molecule has 0 aromatic carbocycles. The van der Waals surface area contributed by atoms with Crippen LogP contribution in [0.5, 0.6) is 0 Å². The predicted molar refractivity (Wildman–Crippen MR) is 117 cm³/mol. The monoisotopic (exact) mass is 510 g/mol. The molecular formula is C25H12F6N6. The number of rotatable bonds is 3. The van der Waals surface area contributed by atoms with Crippen LogP contribution >= 0.6 is 0 Å². The van der Waals surface area contributed by atoms with E-state index in [1.807, 2.05) is 5.32 Å². The number of alkyl halides is 2. The SMILES string of the molecule is CN1C(F)=CC(/C(C#N)=C2\C(=C(C#N)C3=CC(F)NC(F)=C3)\C2=C(/C#N)c2cc(F)nc(F)c2)=CC1F. The fourth-order valence-corrected chi connectivity index (χ4v) is 3.87. The van der Waals surface area contributed by atoms with E-state index in [0.717, 1.165) is 43.5 Å². The molecule has 1 aromatic heterocycles. The second-order valence-electron chi connectivity index (χ2n) is 7.82. The Morgan fingerprint density at radius 3 is 1.84 bits per heavy atom. The zero-order chi connectivity index (χ0) is 27.0. The number of pyridine rings is 1. The second-order valence-corrected chi connectivity index (χ2v) is 7.82. The van der Waals surface area contributed by atoms with Gasteiger partial charge in [0, 0.05) is 41.5 Å². The largest absolute Gasteiger partial charge is 0.329 e. The van der Waals surface area contributed by atoms with Gasteiger partial charge in [-0.3, -0.25) is 0 Å². The Morgan fingerprint density at radius 1 is 0.838 bits per heavy atom. The van der Waals surface area contributed by atoms with Crippen molar-refractivity contribution in [2.45, 2.75) is 12.6 Å². The van der Waals surface area contributed by atoms with Crippen LogP contribution in [-0.2, 0) is 0 Å². The van der Waals surface area contributed by atoms with E-state index in [1.165, 1.54) is 0 Å². The van der Waals surface area contributed by atoms with E-state index in [4.69, 9.17) is 0 Å². The highest BCUT2D eigenvalue weighted by Gasteiger charge is 2.42. The Kier molecular flexibility index (Phi) is 6.48. The number of halogens is 6.